The van der Waals surface area contributed by atoms with Crippen LogP contribution in [-0.2, 0) is 38.4 Å². The van der Waals surface area contributed by atoms with E-state index in [1.54, 1.807) is 38.4 Å². The van der Waals surface area contributed by atoms with Gasteiger partial charge in [0.25, 0.3) is 0 Å². The molecule has 44 heavy (non-hydrogen) atoms. The summed E-state index contributed by atoms with van der Waals surface area (Å²) < 4.78 is 0. The first-order valence-corrected chi connectivity index (χ1v) is 14.2. The van der Waals surface area contributed by atoms with Crippen molar-refractivity contribution < 1.29 is 29.4 Å². The minimum absolute atomic E-state index is 0.00383. The van der Waals surface area contributed by atoms with Crippen LogP contribution in [0.3, 0.4) is 0 Å². The molecule has 0 saturated carbocycles. The Kier molecular flexibility index (Phi) is 10.3. The number of hydrogen-bond donors (Lipinski definition) is 8. The minimum atomic E-state index is -1.29. The number of aromatic nitrogens is 3. The third-order valence-corrected chi connectivity index (χ3v) is 7.30. The fourth-order valence-electron chi connectivity index (χ4n) is 4.85. The maximum Gasteiger partial charge on any atom is 0.326 e. The van der Waals surface area contributed by atoms with Gasteiger partial charge in [-0.1, -0.05) is 44.2 Å². The van der Waals surface area contributed by atoms with Crippen LogP contribution in [0.15, 0.2) is 67.3 Å². The van der Waals surface area contributed by atoms with Crippen molar-refractivity contribution in [3.8, 4) is 5.75 Å². The lowest BCUT2D eigenvalue weighted by Gasteiger charge is -2.27. The first-order chi connectivity index (χ1) is 21.0. The molecule has 9 N–H and O–H groups in total. The zero-order valence-electron chi connectivity index (χ0n) is 24.4. The van der Waals surface area contributed by atoms with E-state index in [1.165, 1.54) is 18.5 Å². The van der Waals surface area contributed by atoms with Gasteiger partial charge >= 0.3 is 5.97 Å². The predicted octanol–water partition coefficient (Wildman–Crippen LogP) is 1.15. The number of phenols is 1. The molecule has 4 atom stereocenters. The highest BCUT2D eigenvalue weighted by Crippen LogP contribution is 2.19. The fraction of sp³-hybridized carbons (Fsp3) is 0.323. The van der Waals surface area contributed by atoms with Gasteiger partial charge in [-0.25, -0.2) is 9.78 Å². The number of carboxylic acids is 1. The Morgan fingerprint density at radius 1 is 0.864 bits per heavy atom. The van der Waals surface area contributed by atoms with E-state index in [4.69, 9.17) is 5.73 Å². The summed E-state index contributed by atoms with van der Waals surface area (Å²) in [5.74, 6) is -3.50. The lowest BCUT2D eigenvalue weighted by molar-refractivity contribution is -0.142. The van der Waals surface area contributed by atoms with Crippen LogP contribution in [0.4, 0.5) is 0 Å². The molecule has 2 heterocycles. The van der Waals surface area contributed by atoms with Crippen LogP contribution in [0.1, 0.15) is 30.7 Å². The van der Waals surface area contributed by atoms with Crippen LogP contribution in [0.2, 0.25) is 0 Å². The standard InChI is InChI=1S/C31H37N7O6/c1-17(2)27(38-28(40)23(32)13-20-15-33-16-35-20)30(42)36-25(11-18-7-9-21(39)10-8-18)29(41)37-26(31(43)44)12-19-14-34-24-6-4-3-5-22(19)24/h3-10,14-17,23,25-27,34,39H,11-13,32H2,1-2H3,(H,33,35)(H,36,42)(H,37,41)(H,38,40)(H,43,44). The number of rotatable bonds is 14. The monoisotopic (exact) mass is 603 g/mol. The van der Waals surface area contributed by atoms with Gasteiger partial charge in [0, 0.05) is 48.3 Å². The highest BCUT2D eigenvalue weighted by atomic mass is 16.4. The summed E-state index contributed by atoms with van der Waals surface area (Å²) in [5.41, 5.74) is 8.87. The molecule has 13 heteroatoms. The molecule has 4 aromatic rings. The molecule has 0 aliphatic heterocycles. The molecule has 0 radical (unpaired) electrons. The number of nitrogens with two attached hydrogens (primary N) is 1. The number of carbonyl (C=O) groups excluding carboxylic acids is 3. The molecule has 0 fully saturated rings. The average molecular weight is 604 g/mol. The topological polar surface area (TPSA) is 215 Å². The largest absolute Gasteiger partial charge is 0.508 e. The van der Waals surface area contributed by atoms with Gasteiger partial charge in [0.2, 0.25) is 17.7 Å². The van der Waals surface area contributed by atoms with Crippen LogP contribution < -0.4 is 21.7 Å². The number of amides is 3. The average Bonchev–Trinajstić information content (AvgIpc) is 3.65. The maximum absolute atomic E-state index is 13.6. The summed E-state index contributed by atoms with van der Waals surface area (Å²) >= 11 is 0. The van der Waals surface area contributed by atoms with Crippen molar-refractivity contribution in [1.82, 2.24) is 30.9 Å². The number of aromatic amines is 2. The van der Waals surface area contributed by atoms with Crippen LogP contribution in [-0.4, -0.2) is 73.0 Å². The molecule has 13 nitrogen and oxygen atoms in total. The zero-order chi connectivity index (χ0) is 31.8. The SMILES string of the molecule is CC(C)C(NC(=O)C(N)Cc1cnc[nH]1)C(=O)NC(Cc1ccc(O)cc1)C(=O)NC(Cc1c[nH]c2ccccc12)C(=O)O. The van der Waals surface area contributed by atoms with Crippen molar-refractivity contribution in [2.24, 2.45) is 11.7 Å². The first kappa shape index (κ1) is 31.8. The highest BCUT2D eigenvalue weighted by molar-refractivity contribution is 5.94. The molecule has 232 valence electrons. The number of nitrogens with one attached hydrogen (secondary N) is 5. The summed E-state index contributed by atoms with van der Waals surface area (Å²) in [6.07, 6.45) is 4.90. The van der Waals surface area contributed by atoms with E-state index in [2.05, 4.69) is 30.9 Å². The van der Waals surface area contributed by atoms with Gasteiger partial charge in [0.05, 0.1) is 12.4 Å². The number of benzene rings is 2. The third kappa shape index (κ3) is 8.22. The number of carboxylic acid groups (broad SMARTS) is 1. The number of aromatic hydroxyl groups is 1. The summed E-state index contributed by atoms with van der Waals surface area (Å²) in [6.45, 7) is 3.48. The Morgan fingerprint density at radius 2 is 1.57 bits per heavy atom. The van der Waals surface area contributed by atoms with Gasteiger partial charge < -0.3 is 41.9 Å². The molecule has 2 aromatic heterocycles. The Hall–Kier alpha value is -5.17. The minimum Gasteiger partial charge on any atom is -0.508 e. The van der Waals surface area contributed by atoms with Crippen molar-refractivity contribution in [2.75, 3.05) is 0 Å². The van der Waals surface area contributed by atoms with E-state index in [0.29, 0.717) is 16.8 Å². The smallest absolute Gasteiger partial charge is 0.326 e. The third-order valence-electron chi connectivity index (χ3n) is 7.30. The second kappa shape index (κ2) is 14.3. The van der Waals surface area contributed by atoms with E-state index >= 15 is 0 Å². The number of para-hydroxylation sites is 1. The second-order valence-electron chi connectivity index (χ2n) is 11.0. The number of H-pyrrole nitrogens is 2. The van der Waals surface area contributed by atoms with Crippen LogP contribution in [0.25, 0.3) is 10.9 Å². The molecule has 0 aliphatic rings. The fourth-order valence-corrected chi connectivity index (χ4v) is 4.85. The van der Waals surface area contributed by atoms with E-state index in [-0.39, 0.29) is 30.9 Å². The van der Waals surface area contributed by atoms with Gasteiger partial charge in [0.1, 0.15) is 23.9 Å². The van der Waals surface area contributed by atoms with Gasteiger partial charge in [-0.05, 0) is 35.2 Å². The summed E-state index contributed by atoms with van der Waals surface area (Å²) in [5, 5.41) is 28.5. The molecule has 0 bridgehead atoms. The summed E-state index contributed by atoms with van der Waals surface area (Å²) in [7, 11) is 0. The Labute approximate surface area is 253 Å². The number of aliphatic carboxylic acids is 1. The highest BCUT2D eigenvalue weighted by Gasteiger charge is 2.32. The normalized spacial score (nSPS) is 14.0. The maximum atomic E-state index is 13.6. The molecule has 0 aliphatic carbocycles. The van der Waals surface area contributed by atoms with E-state index in [1.807, 2.05) is 24.3 Å². The van der Waals surface area contributed by atoms with Gasteiger partial charge in [0.15, 0.2) is 0 Å². The number of carbonyl (C=O) groups is 4. The van der Waals surface area contributed by atoms with Crippen molar-refractivity contribution >= 4 is 34.6 Å². The Bertz CT molecular complexity index is 1580. The quantitative estimate of drug-likeness (QED) is 0.104. The zero-order valence-corrected chi connectivity index (χ0v) is 24.4. The van der Waals surface area contributed by atoms with Crippen molar-refractivity contribution in [1.29, 1.82) is 0 Å². The van der Waals surface area contributed by atoms with E-state index < -0.39 is 47.9 Å². The molecule has 4 unspecified atom stereocenters. The van der Waals surface area contributed by atoms with Crippen LogP contribution in [0, 0.1) is 5.92 Å². The number of imidazole rings is 1. The number of fused-ring (bicyclic) bond motifs is 1. The number of nitrogens with zero attached hydrogens (tertiary/aromatic N) is 1. The van der Waals surface area contributed by atoms with Crippen LogP contribution >= 0.6 is 0 Å². The van der Waals surface area contributed by atoms with Crippen molar-refractivity contribution in [3.63, 3.8) is 0 Å². The Balaban J connectivity index is 1.51. The summed E-state index contributed by atoms with van der Waals surface area (Å²) in [6, 6.07) is 9.02. The number of phenolic OH excluding ortho intramolecular Hbond substituents is 1. The van der Waals surface area contributed by atoms with Gasteiger partial charge in [-0.3, -0.25) is 14.4 Å². The predicted molar refractivity (Wildman–Crippen MR) is 162 cm³/mol. The molecular weight excluding hydrogens is 566 g/mol. The lowest BCUT2D eigenvalue weighted by Crippen LogP contribution is -2.59. The van der Waals surface area contributed by atoms with Gasteiger partial charge in [-0.15, -0.1) is 0 Å². The van der Waals surface area contributed by atoms with Crippen LogP contribution in [0.5, 0.6) is 5.75 Å². The molecule has 0 saturated heterocycles. The molecular formula is C31H37N7O6. The Morgan fingerprint density at radius 3 is 2.23 bits per heavy atom. The van der Waals surface area contributed by atoms with Crippen molar-refractivity contribution in [2.45, 2.75) is 57.3 Å². The lowest BCUT2D eigenvalue weighted by atomic mass is 9.99. The van der Waals surface area contributed by atoms with E-state index in [9.17, 15) is 29.4 Å². The van der Waals surface area contributed by atoms with Crippen molar-refractivity contribution in [3.05, 3.63) is 84.1 Å². The molecule has 4 rings (SSSR count). The molecule has 2 aromatic carbocycles. The number of hydrogen-bond acceptors (Lipinski definition) is 7. The van der Waals surface area contributed by atoms with E-state index in [0.717, 1.165) is 10.9 Å². The second-order valence-corrected chi connectivity index (χ2v) is 11.0. The summed E-state index contributed by atoms with van der Waals surface area (Å²) in [4.78, 5) is 62.1. The molecule has 3 amide bonds. The molecule has 0 spiro atoms. The van der Waals surface area contributed by atoms with Gasteiger partial charge in [-0.2, -0.15) is 0 Å². The first-order valence-electron chi connectivity index (χ1n) is 14.2.